The molecule has 1 atom stereocenters. The molecule has 1 amide bonds. The molecule has 0 heterocycles. The highest BCUT2D eigenvalue weighted by Crippen LogP contribution is 2.29. The summed E-state index contributed by atoms with van der Waals surface area (Å²) in [5.74, 6) is 0.932. The van der Waals surface area contributed by atoms with Crippen LogP contribution in [0.4, 0.5) is 0 Å². The van der Waals surface area contributed by atoms with Gasteiger partial charge in [0.25, 0.3) is 0 Å². The van der Waals surface area contributed by atoms with Crippen LogP contribution in [0.15, 0.2) is 30.3 Å². The van der Waals surface area contributed by atoms with Crippen molar-refractivity contribution in [3.05, 3.63) is 35.9 Å². The first-order valence-electron chi connectivity index (χ1n) is 8.18. The molecule has 0 bridgehead atoms. The summed E-state index contributed by atoms with van der Waals surface area (Å²) >= 11 is 0. The molecule has 0 aromatic heterocycles. The molecule has 1 aromatic carbocycles. The SMILES string of the molecule is CCC1CCC(N(C)C(=O)[C@H](N)Cc2ccccc2)CC1. The van der Waals surface area contributed by atoms with Crippen LogP contribution in [0.2, 0.25) is 0 Å². The topological polar surface area (TPSA) is 46.3 Å². The van der Waals surface area contributed by atoms with Crippen LogP contribution >= 0.6 is 0 Å². The standard InChI is InChI=1S/C18H28N2O/c1-3-14-9-11-16(12-10-14)20(2)18(21)17(19)13-15-7-5-4-6-8-15/h4-8,14,16-17H,3,9-13,19H2,1-2H3/t14?,16?,17-/m1/s1. The van der Waals surface area contributed by atoms with Crippen LogP contribution in [0.25, 0.3) is 0 Å². The molecular weight excluding hydrogens is 260 g/mol. The Kier molecular flexibility index (Phi) is 5.80. The molecule has 1 aromatic rings. The number of nitrogens with two attached hydrogens (primary N) is 1. The molecule has 1 aliphatic carbocycles. The van der Waals surface area contributed by atoms with Crippen LogP contribution < -0.4 is 5.73 Å². The second-order valence-corrected chi connectivity index (χ2v) is 6.33. The summed E-state index contributed by atoms with van der Waals surface area (Å²) in [6.45, 7) is 2.26. The predicted molar refractivity (Wildman–Crippen MR) is 86.9 cm³/mol. The lowest BCUT2D eigenvalue weighted by atomic mass is 9.84. The van der Waals surface area contributed by atoms with E-state index in [2.05, 4.69) is 6.92 Å². The number of carbonyl (C=O) groups is 1. The Morgan fingerprint density at radius 2 is 1.86 bits per heavy atom. The number of amides is 1. The molecule has 2 N–H and O–H groups in total. The zero-order valence-corrected chi connectivity index (χ0v) is 13.3. The van der Waals surface area contributed by atoms with Crippen LogP contribution in [0.3, 0.4) is 0 Å². The molecule has 0 unspecified atom stereocenters. The van der Waals surface area contributed by atoms with Crippen LogP contribution in [0.1, 0.15) is 44.6 Å². The van der Waals surface area contributed by atoms with Gasteiger partial charge in [-0.2, -0.15) is 0 Å². The fraction of sp³-hybridized carbons (Fsp3) is 0.611. The molecular formula is C18H28N2O. The van der Waals surface area contributed by atoms with E-state index in [0.29, 0.717) is 12.5 Å². The third kappa shape index (κ3) is 4.31. The fourth-order valence-electron chi connectivity index (χ4n) is 3.34. The normalized spacial score (nSPS) is 23.6. The molecule has 1 aliphatic rings. The predicted octanol–water partition coefficient (Wildman–Crippen LogP) is 2.98. The fourth-order valence-corrected chi connectivity index (χ4v) is 3.34. The van der Waals surface area contributed by atoms with Crippen molar-refractivity contribution < 1.29 is 4.79 Å². The van der Waals surface area contributed by atoms with Gasteiger partial charge >= 0.3 is 0 Å². The highest BCUT2D eigenvalue weighted by atomic mass is 16.2. The monoisotopic (exact) mass is 288 g/mol. The van der Waals surface area contributed by atoms with Gasteiger partial charge in [-0.3, -0.25) is 4.79 Å². The van der Waals surface area contributed by atoms with E-state index >= 15 is 0 Å². The Labute approximate surface area is 128 Å². The second-order valence-electron chi connectivity index (χ2n) is 6.33. The van der Waals surface area contributed by atoms with Crippen LogP contribution in [0.5, 0.6) is 0 Å². The van der Waals surface area contributed by atoms with Crippen LogP contribution in [0, 0.1) is 5.92 Å². The van der Waals surface area contributed by atoms with Crippen LogP contribution in [-0.2, 0) is 11.2 Å². The van der Waals surface area contributed by atoms with E-state index in [0.717, 1.165) is 24.3 Å². The van der Waals surface area contributed by atoms with Gasteiger partial charge in [0.15, 0.2) is 0 Å². The summed E-state index contributed by atoms with van der Waals surface area (Å²) in [6.07, 6.45) is 6.61. The van der Waals surface area contributed by atoms with E-state index in [1.165, 1.54) is 19.3 Å². The van der Waals surface area contributed by atoms with E-state index in [1.54, 1.807) is 0 Å². The number of nitrogens with zero attached hydrogens (tertiary/aromatic N) is 1. The van der Waals surface area contributed by atoms with Crippen molar-refractivity contribution in [2.24, 2.45) is 11.7 Å². The number of rotatable bonds is 5. The number of carbonyl (C=O) groups excluding carboxylic acids is 1. The van der Waals surface area contributed by atoms with Gasteiger partial charge in [-0.05, 0) is 43.6 Å². The summed E-state index contributed by atoms with van der Waals surface area (Å²) in [4.78, 5) is 14.4. The van der Waals surface area contributed by atoms with Crippen LogP contribution in [-0.4, -0.2) is 29.9 Å². The largest absolute Gasteiger partial charge is 0.341 e. The minimum atomic E-state index is -0.429. The van der Waals surface area contributed by atoms with E-state index in [-0.39, 0.29) is 5.91 Å². The molecule has 2 rings (SSSR count). The molecule has 1 saturated carbocycles. The van der Waals surface area contributed by atoms with Crippen molar-refractivity contribution in [2.75, 3.05) is 7.05 Å². The van der Waals surface area contributed by atoms with Crippen molar-refractivity contribution in [2.45, 2.75) is 57.5 Å². The van der Waals surface area contributed by atoms with Gasteiger partial charge in [-0.25, -0.2) is 0 Å². The lowest BCUT2D eigenvalue weighted by Gasteiger charge is -2.35. The maximum absolute atomic E-state index is 12.5. The zero-order valence-electron chi connectivity index (χ0n) is 13.3. The third-order valence-corrected chi connectivity index (χ3v) is 4.90. The molecule has 0 aliphatic heterocycles. The summed E-state index contributed by atoms with van der Waals surface area (Å²) in [5.41, 5.74) is 7.25. The number of benzene rings is 1. The molecule has 0 spiro atoms. The summed E-state index contributed by atoms with van der Waals surface area (Å²) in [6, 6.07) is 9.96. The Hall–Kier alpha value is -1.35. The quantitative estimate of drug-likeness (QED) is 0.905. The molecule has 0 radical (unpaired) electrons. The first-order valence-corrected chi connectivity index (χ1v) is 8.18. The lowest BCUT2D eigenvalue weighted by molar-refractivity contribution is -0.134. The summed E-state index contributed by atoms with van der Waals surface area (Å²) in [7, 11) is 1.92. The van der Waals surface area contributed by atoms with Gasteiger partial charge in [-0.1, -0.05) is 43.7 Å². The highest BCUT2D eigenvalue weighted by molar-refractivity contribution is 5.82. The second kappa shape index (κ2) is 7.60. The average molecular weight is 288 g/mol. The van der Waals surface area contributed by atoms with E-state index in [4.69, 9.17) is 5.73 Å². The molecule has 1 fully saturated rings. The smallest absolute Gasteiger partial charge is 0.239 e. The van der Waals surface area contributed by atoms with Gasteiger partial charge in [0.2, 0.25) is 5.91 Å². The van der Waals surface area contributed by atoms with Gasteiger partial charge in [0.1, 0.15) is 0 Å². The van der Waals surface area contributed by atoms with Crippen molar-refractivity contribution in [1.82, 2.24) is 4.90 Å². The number of hydrogen-bond donors (Lipinski definition) is 1. The Balaban J connectivity index is 1.87. The van der Waals surface area contributed by atoms with E-state index < -0.39 is 6.04 Å². The van der Waals surface area contributed by atoms with Gasteiger partial charge in [-0.15, -0.1) is 0 Å². The Morgan fingerprint density at radius 3 is 2.43 bits per heavy atom. The van der Waals surface area contributed by atoms with E-state index in [9.17, 15) is 4.79 Å². The van der Waals surface area contributed by atoms with E-state index in [1.807, 2.05) is 42.3 Å². The molecule has 21 heavy (non-hydrogen) atoms. The molecule has 0 saturated heterocycles. The zero-order chi connectivity index (χ0) is 15.2. The first kappa shape index (κ1) is 16.0. The van der Waals surface area contributed by atoms with Crippen molar-refractivity contribution in [3.63, 3.8) is 0 Å². The molecule has 116 valence electrons. The lowest BCUT2D eigenvalue weighted by Crippen LogP contribution is -2.48. The maximum Gasteiger partial charge on any atom is 0.239 e. The van der Waals surface area contributed by atoms with Gasteiger partial charge in [0, 0.05) is 13.1 Å². The highest BCUT2D eigenvalue weighted by Gasteiger charge is 2.28. The molecule has 3 heteroatoms. The van der Waals surface area contributed by atoms with Crippen molar-refractivity contribution in [3.8, 4) is 0 Å². The Bertz CT molecular complexity index is 438. The maximum atomic E-state index is 12.5. The summed E-state index contributed by atoms with van der Waals surface area (Å²) < 4.78 is 0. The minimum absolute atomic E-state index is 0.0822. The van der Waals surface area contributed by atoms with Crippen molar-refractivity contribution >= 4 is 5.91 Å². The summed E-state index contributed by atoms with van der Waals surface area (Å²) in [5, 5.41) is 0. The van der Waals surface area contributed by atoms with Gasteiger partial charge in [0.05, 0.1) is 6.04 Å². The minimum Gasteiger partial charge on any atom is -0.341 e. The Morgan fingerprint density at radius 1 is 1.24 bits per heavy atom. The van der Waals surface area contributed by atoms with Gasteiger partial charge < -0.3 is 10.6 Å². The first-order chi connectivity index (χ1) is 10.1. The number of hydrogen-bond acceptors (Lipinski definition) is 2. The third-order valence-electron chi connectivity index (χ3n) is 4.90. The number of likely N-dealkylation sites (N-methyl/N-ethyl adjacent to an activating group) is 1. The average Bonchev–Trinajstić information content (AvgIpc) is 2.54. The van der Waals surface area contributed by atoms with Crippen molar-refractivity contribution in [1.29, 1.82) is 0 Å². The molecule has 3 nitrogen and oxygen atoms in total.